The summed E-state index contributed by atoms with van der Waals surface area (Å²) in [4.78, 5) is 5.01. The van der Waals surface area contributed by atoms with E-state index in [9.17, 15) is 0 Å². The van der Waals surface area contributed by atoms with E-state index >= 15 is 0 Å². The highest BCUT2D eigenvalue weighted by Gasteiger charge is 2.32. The maximum atomic E-state index is 2.55. The zero-order chi connectivity index (χ0) is 10.0. The van der Waals surface area contributed by atoms with Crippen LogP contribution in [-0.2, 0) is 0 Å². The van der Waals surface area contributed by atoms with E-state index in [1.54, 1.807) is 0 Å². The van der Waals surface area contributed by atoms with Gasteiger partial charge in [0.25, 0.3) is 0 Å². The first-order chi connectivity index (χ1) is 6.07. The van der Waals surface area contributed by atoms with Crippen LogP contribution < -0.4 is 0 Å². The molecule has 2 nitrogen and oxygen atoms in total. The van der Waals surface area contributed by atoms with Gasteiger partial charge in [-0.3, -0.25) is 4.90 Å². The molecule has 78 valence electrons. The molecule has 0 bridgehead atoms. The third-order valence-electron chi connectivity index (χ3n) is 3.84. The predicted molar refractivity (Wildman–Crippen MR) is 58.0 cm³/mol. The normalized spacial score (nSPS) is 32.8. The zero-order valence-electron chi connectivity index (χ0n) is 9.75. The highest BCUT2D eigenvalue weighted by Crippen LogP contribution is 2.22. The second-order valence-electron chi connectivity index (χ2n) is 4.50. The van der Waals surface area contributed by atoms with Crippen molar-refractivity contribution in [3.8, 4) is 0 Å². The van der Waals surface area contributed by atoms with Crippen LogP contribution in [0.4, 0.5) is 0 Å². The lowest BCUT2D eigenvalue weighted by molar-refractivity contribution is 0.148. The van der Waals surface area contributed by atoms with Crippen molar-refractivity contribution < 1.29 is 0 Å². The number of nitrogens with zero attached hydrogens (tertiary/aromatic N) is 2. The van der Waals surface area contributed by atoms with Crippen molar-refractivity contribution in [3.05, 3.63) is 0 Å². The minimum atomic E-state index is 0.721. The van der Waals surface area contributed by atoms with Crippen LogP contribution in [0.25, 0.3) is 0 Å². The van der Waals surface area contributed by atoms with Gasteiger partial charge in [-0.25, -0.2) is 0 Å². The molecule has 0 aromatic carbocycles. The maximum absolute atomic E-state index is 2.55. The van der Waals surface area contributed by atoms with Gasteiger partial charge in [0, 0.05) is 18.1 Å². The summed E-state index contributed by atoms with van der Waals surface area (Å²) in [5, 5.41) is 0. The van der Waals surface area contributed by atoms with E-state index in [-0.39, 0.29) is 0 Å². The topological polar surface area (TPSA) is 6.48 Å². The van der Waals surface area contributed by atoms with Crippen LogP contribution in [0.3, 0.4) is 0 Å². The molecule has 2 heteroatoms. The SMILES string of the molecule is CCC(C)N(C)C1CCN(C)C1C. The average molecular weight is 184 g/mol. The van der Waals surface area contributed by atoms with E-state index in [1.165, 1.54) is 19.4 Å². The van der Waals surface area contributed by atoms with Gasteiger partial charge in [-0.15, -0.1) is 0 Å². The van der Waals surface area contributed by atoms with E-state index in [0.29, 0.717) is 0 Å². The summed E-state index contributed by atoms with van der Waals surface area (Å²) >= 11 is 0. The minimum absolute atomic E-state index is 0.721. The lowest BCUT2D eigenvalue weighted by Crippen LogP contribution is -2.44. The van der Waals surface area contributed by atoms with Crippen molar-refractivity contribution in [2.45, 2.75) is 51.7 Å². The molecule has 0 spiro atoms. The van der Waals surface area contributed by atoms with Crippen LogP contribution in [0.15, 0.2) is 0 Å². The lowest BCUT2D eigenvalue weighted by atomic mass is 10.1. The Morgan fingerprint density at radius 1 is 1.54 bits per heavy atom. The molecule has 13 heavy (non-hydrogen) atoms. The first kappa shape index (κ1) is 11.0. The van der Waals surface area contributed by atoms with Gasteiger partial charge in [0.2, 0.25) is 0 Å². The van der Waals surface area contributed by atoms with Gasteiger partial charge < -0.3 is 4.90 Å². The molecule has 0 N–H and O–H groups in total. The van der Waals surface area contributed by atoms with Gasteiger partial charge in [0.15, 0.2) is 0 Å². The molecule has 0 aliphatic carbocycles. The molecule has 1 aliphatic rings. The van der Waals surface area contributed by atoms with E-state index in [0.717, 1.165) is 18.1 Å². The zero-order valence-corrected chi connectivity index (χ0v) is 9.75. The van der Waals surface area contributed by atoms with Crippen LogP contribution in [0, 0.1) is 0 Å². The summed E-state index contributed by atoms with van der Waals surface area (Å²) in [6.07, 6.45) is 2.59. The second kappa shape index (κ2) is 4.43. The van der Waals surface area contributed by atoms with Crippen LogP contribution in [0.5, 0.6) is 0 Å². The van der Waals surface area contributed by atoms with Gasteiger partial charge in [-0.1, -0.05) is 6.92 Å². The molecule has 1 aliphatic heterocycles. The van der Waals surface area contributed by atoms with Gasteiger partial charge in [0.1, 0.15) is 0 Å². The Hall–Kier alpha value is -0.0800. The Kier molecular flexibility index (Phi) is 3.74. The molecule has 0 radical (unpaired) electrons. The van der Waals surface area contributed by atoms with Crippen molar-refractivity contribution in [2.75, 3.05) is 20.6 Å². The lowest BCUT2D eigenvalue weighted by Gasteiger charge is -2.33. The first-order valence-corrected chi connectivity index (χ1v) is 5.50. The molecule has 3 atom stereocenters. The van der Waals surface area contributed by atoms with E-state index < -0.39 is 0 Å². The quantitative estimate of drug-likeness (QED) is 0.660. The highest BCUT2D eigenvalue weighted by atomic mass is 15.3. The first-order valence-electron chi connectivity index (χ1n) is 5.50. The van der Waals surface area contributed by atoms with E-state index in [1.807, 2.05) is 0 Å². The largest absolute Gasteiger partial charge is 0.302 e. The molecule has 3 unspecified atom stereocenters. The standard InChI is InChI=1S/C11H24N2/c1-6-9(2)13(5)11-7-8-12(4)10(11)3/h9-11H,6-8H2,1-5H3. The molecule has 0 aromatic rings. The Balaban J connectivity index is 2.52. The summed E-state index contributed by atoms with van der Waals surface area (Å²) in [6.45, 7) is 8.19. The molecular formula is C11H24N2. The maximum Gasteiger partial charge on any atom is 0.0260 e. The monoisotopic (exact) mass is 184 g/mol. The van der Waals surface area contributed by atoms with Crippen LogP contribution >= 0.6 is 0 Å². The fourth-order valence-corrected chi connectivity index (χ4v) is 2.23. The molecule has 1 rings (SSSR count). The summed E-state index contributed by atoms with van der Waals surface area (Å²) in [6, 6.07) is 2.21. The third-order valence-corrected chi connectivity index (χ3v) is 3.84. The van der Waals surface area contributed by atoms with E-state index in [2.05, 4.69) is 44.7 Å². The fraction of sp³-hybridized carbons (Fsp3) is 1.00. The van der Waals surface area contributed by atoms with Gasteiger partial charge in [0.05, 0.1) is 0 Å². The van der Waals surface area contributed by atoms with Crippen LogP contribution in [0.2, 0.25) is 0 Å². The summed E-state index contributed by atoms with van der Waals surface area (Å²) in [5.74, 6) is 0. The number of rotatable bonds is 3. The number of likely N-dealkylation sites (tertiary alicyclic amines) is 1. The summed E-state index contributed by atoms with van der Waals surface area (Å²) in [7, 11) is 4.50. The highest BCUT2D eigenvalue weighted by molar-refractivity contribution is 4.89. The second-order valence-corrected chi connectivity index (χ2v) is 4.50. The Morgan fingerprint density at radius 3 is 2.54 bits per heavy atom. The van der Waals surface area contributed by atoms with Gasteiger partial charge in [-0.05, 0) is 47.3 Å². The molecular weight excluding hydrogens is 160 g/mol. The van der Waals surface area contributed by atoms with Gasteiger partial charge in [-0.2, -0.15) is 0 Å². The minimum Gasteiger partial charge on any atom is -0.302 e. The molecule has 0 saturated carbocycles. The van der Waals surface area contributed by atoms with Gasteiger partial charge >= 0.3 is 0 Å². The molecule has 1 fully saturated rings. The summed E-state index contributed by atoms with van der Waals surface area (Å²) < 4.78 is 0. The van der Waals surface area contributed by atoms with Crippen LogP contribution in [0.1, 0.15) is 33.6 Å². The molecule has 0 aromatic heterocycles. The number of hydrogen-bond donors (Lipinski definition) is 0. The smallest absolute Gasteiger partial charge is 0.0260 e. The third kappa shape index (κ3) is 2.23. The number of hydrogen-bond acceptors (Lipinski definition) is 2. The Bertz CT molecular complexity index is 158. The fourth-order valence-electron chi connectivity index (χ4n) is 2.23. The van der Waals surface area contributed by atoms with Crippen molar-refractivity contribution in [3.63, 3.8) is 0 Å². The molecule has 0 amide bonds. The molecule has 1 heterocycles. The Morgan fingerprint density at radius 2 is 2.15 bits per heavy atom. The van der Waals surface area contributed by atoms with E-state index in [4.69, 9.17) is 0 Å². The molecule has 1 saturated heterocycles. The van der Waals surface area contributed by atoms with Crippen molar-refractivity contribution >= 4 is 0 Å². The van der Waals surface area contributed by atoms with Crippen LogP contribution in [-0.4, -0.2) is 48.6 Å². The van der Waals surface area contributed by atoms with Crippen molar-refractivity contribution in [2.24, 2.45) is 0 Å². The number of likely N-dealkylation sites (N-methyl/N-ethyl adjacent to an activating group) is 2. The predicted octanol–water partition coefficient (Wildman–Crippen LogP) is 1.81. The summed E-state index contributed by atoms with van der Waals surface area (Å²) in [5.41, 5.74) is 0. The van der Waals surface area contributed by atoms with Crippen molar-refractivity contribution in [1.82, 2.24) is 9.80 Å². The van der Waals surface area contributed by atoms with Crippen molar-refractivity contribution in [1.29, 1.82) is 0 Å². The average Bonchev–Trinajstić information content (AvgIpc) is 2.45. The Labute approximate surface area is 82.9 Å².